The highest BCUT2D eigenvalue weighted by Gasteiger charge is 2.38. The van der Waals surface area contributed by atoms with Crippen LogP contribution in [0.15, 0.2) is 61.2 Å². The van der Waals surface area contributed by atoms with E-state index in [1.54, 1.807) is 35.8 Å². The van der Waals surface area contributed by atoms with Crippen molar-refractivity contribution in [3.8, 4) is 34.0 Å². The SMILES string of the molecule is CN(C)CCCc1cc(F)cc(-c2nccc3[nH]c(-c4n[nH]c5cnc(-c6cncc(CN7CCC(F)(F)C7)c6)cc45)nc23)c1. The number of nitrogens with one attached hydrogen (secondary N) is 2. The molecule has 0 saturated carbocycles. The molecule has 6 heterocycles. The molecule has 230 valence electrons. The van der Waals surface area contributed by atoms with E-state index < -0.39 is 5.92 Å². The van der Waals surface area contributed by atoms with Crippen molar-refractivity contribution in [2.75, 3.05) is 33.7 Å². The minimum absolute atomic E-state index is 0.124. The van der Waals surface area contributed by atoms with E-state index in [0.717, 1.165) is 52.5 Å². The van der Waals surface area contributed by atoms with E-state index in [9.17, 15) is 13.2 Å². The van der Waals surface area contributed by atoms with Gasteiger partial charge in [-0.3, -0.25) is 25.0 Å². The number of nitrogens with zero attached hydrogens (tertiary/aromatic N) is 7. The lowest BCUT2D eigenvalue weighted by Gasteiger charge is -2.15. The number of alkyl halides is 2. The summed E-state index contributed by atoms with van der Waals surface area (Å²) in [5.74, 6) is -2.42. The topological polar surface area (TPSA) is 103 Å². The number of benzene rings is 1. The maximum Gasteiger partial charge on any atom is 0.261 e. The van der Waals surface area contributed by atoms with Gasteiger partial charge in [-0.2, -0.15) is 5.10 Å². The first-order chi connectivity index (χ1) is 21.7. The Morgan fingerprint density at radius 2 is 1.82 bits per heavy atom. The number of likely N-dealkylation sites (tertiary alicyclic amines) is 1. The Labute approximate surface area is 257 Å². The smallest absolute Gasteiger partial charge is 0.261 e. The second-order valence-corrected chi connectivity index (χ2v) is 12.0. The van der Waals surface area contributed by atoms with Crippen molar-refractivity contribution < 1.29 is 13.2 Å². The van der Waals surface area contributed by atoms with Gasteiger partial charge in [0.15, 0.2) is 5.82 Å². The number of rotatable bonds is 9. The standard InChI is InChI=1S/C33H32F3N9/c1-44(2)8-3-4-20-10-22(13-24(34)12-20)29-31-26(5-7-38-29)40-32(41-31)30-25-14-27(39-17-28(25)42-43-30)23-11-21(15-37-16-23)18-45-9-6-33(35,36)19-45/h5,7,10-17H,3-4,6,8-9,18-19H2,1-2H3,(H,40,41)(H,42,43). The highest BCUT2D eigenvalue weighted by atomic mass is 19.3. The Balaban J connectivity index is 1.20. The lowest BCUT2D eigenvalue weighted by molar-refractivity contribution is 0.0115. The molecule has 7 rings (SSSR count). The number of hydrogen-bond donors (Lipinski definition) is 2. The molecule has 0 unspecified atom stereocenters. The monoisotopic (exact) mass is 611 g/mol. The summed E-state index contributed by atoms with van der Waals surface area (Å²) < 4.78 is 42.1. The number of aryl methyl sites for hydroxylation is 1. The van der Waals surface area contributed by atoms with Crippen molar-refractivity contribution in [2.24, 2.45) is 0 Å². The number of hydrogen-bond acceptors (Lipinski definition) is 7. The second-order valence-electron chi connectivity index (χ2n) is 12.0. The van der Waals surface area contributed by atoms with E-state index in [2.05, 4.69) is 35.0 Å². The van der Waals surface area contributed by atoms with Crippen LogP contribution in [0, 0.1) is 5.82 Å². The van der Waals surface area contributed by atoms with Crippen molar-refractivity contribution in [2.45, 2.75) is 31.7 Å². The molecular formula is C33H32F3N9. The van der Waals surface area contributed by atoms with Gasteiger partial charge >= 0.3 is 0 Å². The largest absolute Gasteiger partial charge is 0.336 e. The lowest BCUT2D eigenvalue weighted by Crippen LogP contribution is -2.24. The van der Waals surface area contributed by atoms with Crippen molar-refractivity contribution in [3.05, 3.63) is 78.1 Å². The number of aromatic nitrogens is 7. The van der Waals surface area contributed by atoms with E-state index in [4.69, 9.17) is 4.98 Å². The normalized spacial score (nSPS) is 15.2. The highest BCUT2D eigenvalue weighted by molar-refractivity contribution is 5.96. The summed E-state index contributed by atoms with van der Waals surface area (Å²) in [5.41, 5.74) is 7.15. The molecule has 0 spiro atoms. The summed E-state index contributed by atoms with van der Waals surface area (Å²) in [6.45, 7) is 1.42. The van der Waals surface area contributed by atoms with Crippen LogP contribution in [-0.4, -0.2) is 84.6 Å². The molecule has 1 fully saturated rings. The molecule has 2 N–H and O–H groups in total. The van der Waals surface area contributed by atoms with Gasteiger partial charge < -0.3 is 9.88 Å². The molecular weight excluding hydrogens is 579 g/mol. The summed E-state index contributed by atoms with van der Waals surface area (Å²) in [7, 11) is 4.05. The van der Waals surface area contributed by atoms with Crippen LogP contribution in [0.3, 0.4) is 0 Å². The fourth-order valence-corrected chi connectivity index (χ4v) is 5.96. The predicted octanol–water partition coefficient (Wildman–Crippen LogP) is 6.10. The third-order valence-electron chi connectivity index (χ3n) is 8.12. The van der Waals surface area contributed by atoms with Crippen molar-refractivity contribution >= 4 is 21.9 Å². The highest BCUT2D eigenvalue weighted by Crippen LogP contribution is 2.33. The molecule has 1 aliphatic heterocycles. The van der Waals surface area contributed by atoms with Crippen LogP contribution in [0.4, 0.5) is 13.2 Å². The van der Waals surface area contributed by atoms with Crippen LogP contribution in [0.1, 0.15) is 24.0 Å². The predicted molar refractivity (Wildman–Crippen MR) is 167 cm³/mol. The third-order valence-corrected chi connectivity index (χ3v) is 8.12. The van der Waals surface area contributed by atoms with Gasteiger partial charge in [0.2, 0.25) is 0 Å². The number of H-pyrrole nitrogens is 2. The zero-order valence-electron chi connectivity index (χ0n) is 25.0. The second kappa shape index (κ2) is 11.7. The number of imidazole rings is 1. The molecule has 45 heavy (non-hydrogen) atoms. The molecule has 0 amide bonds. The van der Waals surface area contributed by atoms with Crippen LogP contribution in [0.5, 0.6) is 0 Å². The first kappa shape index (κ1) is 29.1. The van der Waals surface area contributed by atoms with E-state index in [0.29, 0.717) is 47.1 Å². The minimum Gasteiger partial charge on any atom is -0.336 e. The fourth-order valence-electron chi connectivity index (χ4n) is 5.96. The van der Waals surface area contributed by atoms with Gasteiger partial charge in [0, 0.05) is 54.6 Å². The molecule has 5 aromatic heterocycles. The Morgan fingerprint density at radius 1 is 0.956 bits per heavy atom. The first-order valence-corrected chi connectivity index (χ1v) is 14.9. The van der Waals surface area contributed by atoms with Gasteiger partial charge in [0.05, 0.1) is 35.2 Å². The van der Waals surface area contributed by atoms with Gasteiger partial charge in [-0.05, 0) is 81.0 Å². The molecule has 1 saturated heterocycles. The first-order valence-electron chi connectivity index (χ1n) is 14.9. The minimum atomic E-state index is -2.64. The van der Waals surface area contributed by atoms with E-state index in [1.165, 1.54) is 6.07 Å². The van der Waals surface area contributed by atoms with E-state index in [1.807, 2.05) is 38.4 Å². The average molecular weight is 612 g/mol. The van der Waals surface area contributed by atoms with Gasteiger partial charge in [-0.25, -0.2) is 18.2 Å². The third kappa shape index (κ3) is 6.16. The van der Waals surface area contributed by atoms with Gasteiger partial charge in [-0.1, -0.05) is 0 Å². The summed E-state index contributed by atoms with van der Waals surface area (Å²) >= 11 is 0. The molecule has 6 aromatic rings. The Kier molecular flexibility index (Phi) is 7.54. The van der Waals surface area contributed by atoms with E-state index in [-0.39, 0.29) is 18.8 Å². The van der Waals surface area contributed by atoms with Gasteiger partial charge in [0.1, 0.15) is 17.0 Å². The molecule has 0 bridgehead atoms. The zero-order valence-corrected chi connectivity index (χ0v) is 25.0. The number of fused-ring (bicyclic) bond motifs is 2. The molecule has 1 aliphatic rings. The van der Waals surface area contributed by atoms with Crippen molar-refractivity contribution in [1.29, 1.82) is 0 Å². The molecule has 1 aromatic carbocycles. The molecule has 0 radical (unpaired) electrons. The van der Waals surface area contributed by atoms with Crippen molar-refractivity contribution in [3.63, 3.8) is 0 Å². The van der Waals surface area contributed by atoms with Crippen molar-refractivity contribution in [1.82, 2.24) is 44.9 Å². The molecule has 0 aliphatic carbocycles. The lowest BCUT2D eigenvalue weighted by atomic mass is 10.0. The Hall–Kier alpha value is -4.68. The summed E-state index contributed by atoms with van der Waals surface area (Å²) in [5, 5.41) is 8.37. The number of pyridine rings is 3. The maximum absolute atomic E-state index is 14.7. The molecule has 9 nitrogen and oxygen atoms in total. The Bertz CT molecular complexity index is 2000. The van der Waals surface area contributed by atoms with Crippen LogP contribution in [-0.2, 0) is 13.0 Å². The Morgan fingerprint density at radius 3 is 2.64 bits per heavy atom. The summed E-state index contributed by atoms with van der Waals surface area (Å²) in [6.07, 6.45) is 8.35. The number of halogens is 3. The zero-order chi connectivity index (χ0) is 31.1. The summed E-state index contributed by atoms with van der Waals surface area (Å²) in [4.78, 5) is 25.6. The molecule has 0 atom stereocenters. The quantitative estimate of drug-likeness (QED) is 0.204. The number of aromatic amines is 2. The van der Waals surface area contributed by atoms with Crippen LogP contribution in [0.25, 0.3) is 56.0 Å². The van der Waals surface area contributed by atoms with Gasteiger partial charge in [0.25, 0.3) is 5.92 Å². The maximum atomic E-state index is 14.7. The van der Waals surface area contributed by atoms with Gasteiger partial charge in [-0.15, -0.1) is 0 Å². The van der Waals surface area contributed by atoms with Crippen LogP contribution < -0.4 is 0 Å². The van der Waals surface area contributed by atoms with E-state index >= 15 is 0 Å². The average Bonchev–Trinajstić information content (AvgIpc) is 3.72. The van der Waals surface area contributed by atoms with Crippen LogP contribution >= 0.6 is 0 Å². The fraction of sp³-hybridized carbons (Fsp3) is 0.303. The summed E-state index contributed by atoms with van der Waals surface area (Å²) in [6, 6.07) is 10.7. The van der Waals surface area contributed by atoms with Crippen LogP contribution in [0.2, 0.25) is 0 Å². The molecule has 12 heteroatoms.